The summed E-state index contributed by atoms with van der Waals surface area (Å²) in [6.45, 7) is 3.42. The fourth-order valence-corrected chi connectivity index (χ4v) is 3.84. The Kier molecular flexibility index (Phi) is 9.17. The molecule has 0 radical (unpaired) electrons. The third-order valence-electron chi connectivity index (χ3n) is 5.35. The number of carbonyl (C=O) groups is 2. The van der Waals surface area contributed by atoms with Crippen LogP contribution in [0.5, 0.6) is 0 Å². The highest BCUT2D eigenvalue weighted by Crippen LogP contribution is 2.29. The minimum atomic E-state index is -0.200. The molecule has 1 aromatic heterocycles. The monoisotopic (exact) mass is 473 g/mol. The highest BCUT2D eigenvalue weighted by Gasteiger charge is 2.28. The van der Waals surface area contributed by atoms with Gasteiger partial charge < -0.3 is 15.7 Å². The van der Waals surface area contributed by atoms with Crippen molar-refractivity contribution in [2.24, 2.45) is 5.92 Å². The number of amides is 1. The number of carbonyl (C=O) groups excluding carboxylic acids is 2. The van der Waals surface area contributed by atoms with Crippen LogP contribution in [0.15, 0.2) is 43.1 Å². The summed E-state index contributed by atoms with van der Waals surface area (Å²) < 4.78 is 0. The first-order valence-corrected chi connectivity index (χ1v) is 11.2. The van der Waals surface area contributed by atoms with Crippen molar-refractivity contribution >= 4 is 40.7 Å². The van der Waals surface area contributed by atoms with Gasteiger partial charge in [-0.3, -0.25) is 14.4 Å². The largest absolute Gasteiger partial charge is 0.394 e. The zero-order valence-corrected chi connectivity index (χ0v) is 19.0. The minimum Gasteiger partial charge on any atom is -0.394 e. The fraction of sp³-hybridized carbons (Fsp3) is 0.391. The van der Waals surface area contributed by atoms with Crippen LogP contribution >= 0.6 is 11.6 Å². The number of para-hydroxylation sites is 1. The Balaban J connectivity index is 1.67. The van der Waals surface area contributed by atoms with Crippen LogP contribution in [0, 0.1) is 5.92 Å². The summed E-state index contributed by atoms with van der Waals surface area (Å²) in [5.41, 5.74) is 3.91. The second-order valence-corrected chi connectivity index (χ2v) is 8.17. The van der Waals surface area contributed by atoms with E-state index in [2.05, 4.69) is 32.7 Å². The highest BCUT2D eigenvalue weighted by atomic mass is 35.5. The van der Waals surface area contributed by atoms with E-state index < -0.39 is 0 Å². The number of aromatic nitrogens is 2. The molecule has 4 N–H and O–H groups in total. The van der Waals surface area contributed by atoms with Crippen molar-refractivity contribution in [2.75, 3.05) is 23.8 Å². The molecule has 2 unspecified atom stereocenters. The van der Waals surface area contributed by atoms with Gasteiger partial charge >= 0.3 is 0 Å². The van der Waals surface area contributed by atoms with Gasteiger partial charge in [-0.1, -0.05) is 42.8 Å². The van der Waals surface area contributed by atoms with Crippen LogP contribution in [-0.2, 0) is 20.8 Å². The molecule has 3 rings (SSSR count). The standard InChI is InChI=1S/C23H28ClN5O4/c1-2-18(31)13-15-6-3-4-9-20(15)27-21-19(24)14-25-23(28-21)26-17-8-5-7-16(12-17)22(32)29-33-11-10-30/h2-4,6,9,14,16-17,30H,1,5,7-8,10-13H2,(H,29,32)(H2,25,26,27,28). The molecule has 10 heteroatoms. The molecule has 2 atom stereocenters. The summed E-state index contributed by atoms with van der Waals surface area (Å²) in [5.74, 6) is 0.325. The molecule has 1 aliphatic rings. The lowest BCUT2D eigenvalue weighted by molar-refractivity contribution is -0.139. The minimum absolute atomic E-state index is 0.0128. The van der Waals surface area contributed by atoms with Gasteiger partial charge in [0.05, 0.1) is 19.4 Å². The van der Waals surface area contributed by atoms with Gasteiger partial charge in [0.25, 0.3) is 0 Å². The summed E-state index contributed by atoms with van der Waals surface area (Å²) in [5, 5.41) is 15.6. The van der Waals surface area contributed by atoms with Crippen molar-refractivity contribution in [2.45, 2.75) is 38.1 Å². The molecule has 1 fully saturated rings. The molecule has 1 amide bonds. The van der Waals surface area contributed by atoms with Gasteiger partial charge in [0.1, 0.15) is 5.02 Å². The molecule has 1 saturated carbocycles. The Morgan fingerprint density at radius 1 is 1.30 bits per heavy atom. The number of anilines is 3. The molecule has 0 bridgehead atoms. The second-order valence-electron chi connectivity index (χ2n) is 7.76. The maximum atomic E-state index is 12.3. The van der Waals surface area contributed by atoms with E-state index in [1.165, 1.54) is 12.3 Å². The molecule has 1 aliphatic carbocycles. The van der Waals surface area contributed by atoms with Gasteiger partial charge in [0, 0.05) is 24.1 Å². The van der Waals surface area contributed by atoms with E-state index in [-0.39, 0.29) is 43.3 Å². The zero-order chi connectivity index (χ0) is 23.6. The molecule has 1 heterocycles. The number of halogens is 1. The number of ketones is 1. The first-order valence-electron chi connectivity index (χ1n) is 10.8. The number of rotatable bonds is 11. The van der Waals surface area contributed by atoms with Gasteiger partial charge in [0.2, 0.25) is 11.9 Å². The lowest BCUT2D eigenvalue weighted by Gasteiger charge is -2.29. The van der Waals surface area contributed by atoms with Gasteiger partial charge in [-0.25, -0.2) is 10.5 Å². The van der Waals surface area contributed by atoms with Crippen LogP contribution in [-0.4, -0.2) is 46.0 Å². The highest BCUT2D eigenvalue weighted by molar-refractivity contribution is 6.32. The van der Waals surface area contributed by atoms with Gasteiger partial charge in [-0.15, -0.1) is 0 Å². The Morgan fingerprint density at radius 2 is 2.12 bits per heavy atom. The van der Waals surface area contributed by atoms with Crippen molar-refractivity contribution in [1.82, 2.24) is 15.4 Å². The zero-order valence-electron chi connectivity index (χ0n) is 18.2. The molecular formula is C23H28ClN5O4. The molecule has 0 spiro atoms. The lowest BCUT2D eigenvalue weighted by atomic mass is 9.85. The van der Waals surface area contributed by atoms with Crippen LogP contribution in [0.25, 0.3) is 0 Å². The van der Waals surface area contributed by atoms with Crippen LogP contribution in [0.1, 0.15) is 31.2 Å². The van der Waals surface area contributed by atoms with E-state index in [1.54, 1.807) is 0 Å². The Morgan fingerprint density at radius 3 is 2.91 bits per heavy atom. The third-order valence-corrected chi connectivity index (χ3v) is 5.63. The van der Waals surface area contributed by atoms with Crippen LogP contribution in [0.3, 0.4) is 0 Å². The van der Waals surface area contributed by atoms with Crippen molar-refractivity contribution in [3.8, 4) is 0 Å². The predicted octanol–water partition coefficient (Wildman–Crippen LogP) is 3.18. The van der Waals surface area contributed by atoms with E-state index in [0.29, 0.717) is 23.2 Å². The topological polar surface area (TPSA) is 125 Å². The lowest BCUT2D eigenvalue weighted by Crippen LogP contribution is -2.38. The fourth-order valence-electron chi connectivity index (χ4n) is 3.70. The molecule has 176 valence electrons. The number of hydroxylamine groups is 1. The van der Waals surface area contributed by atoms with E-state index in [1.807, 2.05) is 24.3 Å². The Labute approximate surface area is 197 Å². The van der Waals surface area contributed by atoms with E-state index in [4.69, 9.17) is 21.5 Å². The summed E-state index contributed by atoms with van der Waals surface area (Å²) in [4.78, 5) is 37.8. The Hall–Kier alpha value is -3.01. The molecular weight excluding hydrogens is 446 g/mol. The van der Waals surface area contributed by atoms with Gasteiger partial charge in [0.15, 0.2) is 11.6 Å². The van der Waals surface area contributed by atoms with E-state index >= 15 is 0 Å². The van der Waals surface area contributed by atoms with Crippen LogP contribution in [0.2, 0.25) is 5.02 Å². The summed E-state index contributed by atoms with van der Waals surface area (Å²) in [6, 6.07) is 7.43. The molecule has 2 aromatic rings. The molecule has 0 aliphatic heterocycles. The van der Waals surface area contributed by atoms with Gasteiger partial charge in [-0.05, 0) is 37.0 Å². The molecule has 33 heavy (non-hydrogen) atoms. The summed E-state index contributed by atoms with van der Waals surface area (Å²) >= 11 is 6.32. The van der Waals surface area contributed by atoms with E-state index in [9.17, 15) is 9.59 Å². The predicted molar refractivity (Wildman–Crippen MR) is 126 cm³/mol. The van der Waals surface area contributed by atoms with Crippen LogP contribution < -0.4 is 16.1 Å². The quantitative estimate of drug-likeness (QED) is 0.223. The van der Waals surface area contributed by atoms with Crippen molar-refractivity contribution in [3.63, 3.8) is 0 Å². The number of hydrogen-bond acceptors (Lipinski definition) is 8. The number of nitrogens with zero attached hydrogens (tertiary/aromatic N) is 2. The summed E-state index contributed by atoms with van der Waals surface area (Å²) in [7, 11) is 0. The van der Waals surface area contributed by atoms with Gasteiger partial charge in [-0.2, -0.15) is 4.98 Å². The number of nitrogens with one attached hydrogen (secondary N) is 3. The smallest absolute Gasteiger partial charge is 0.246 e. The Bertz CT molecular complexity index is 987. The number of aliphatic hydroxyl groups is 1. The molecule has 1 aromatic carbocycles. The molecule has 9 nitrogen and oxygen atoms in total. The average Bonchev–Trinajstić information content (AvgIpc) is 2.82. The number of hydrogen-bond donors (Lipinski definition) is 4. The maximum Gasteiger partial charge on any atom is 0.246 e. The van der Waals surface area contributed by atoms with E-state index in [0.717, 1.165) is 30.5 Å². The number of benzene rings is 1. The SMILES string of the molecule is C=CC(=O)Cc1ccccc1Nc1nc(NC2CCCC(C(=O)NOCCO)C2)ncc1Cl. The molecule has 0 saturated heterocycles. The second kappa shape index (κ2) is 12.3. The van der Waals surface area contributed by atoms with Crippen molar-refractivity contribution in [1.29, 1.82) is 0 Å². The van der Waals surface area contributed by atoms with Crippen LogP contribution in [0.4, 0.5) is 17.5 Å². The number of allylic oxidation sites excluding steroid dienone is 1. The first kappa shape index (κ1) is 24.6. The normalized spacial score (nSPS) is 17.8. The maximum absolute atomic E-state index is 12.3. The van der Waals surface area contributed by atoms with Crippen molar-refractivity contribution < 1.29 is 19.5 Å². The first-order chi connectivity index (χ1) is 16.0. The average molecular weight is 474 g/mol. The third kappa shape index (κ3) is 7.24. The van der Waals surface area contributed by atoms with Crippen molar-refractivity contribution in [3.05, 3.63) is 53.7 Å². The number of aliphatic hydroxyl groups excluding tert-OH is 1. The summed E-state index contributed by atoms with van der Waals surface area (Å²) in [6.07, 6.45) is 6.14.